The number of aryl methyl sites for hydroxylation is 2. The van der Waals surface area contributed by atoms with Gasteiger partial charge >= 0.3 is 0 Å². The molecule has 7 heteroatoms. The highest BCUT2D eigenvalue weighted by atomic mass is 35.5. The first-order chi connectivity index (χ1) is 9.74. The number of nitrogens with zero attached hydrogens (tertiary/aromatic N) is 4. The second-order valence-electron chi connectivity index (χ2n) is 4.91. The van der Waals surface area contributed by atoms with Crippen LogP contribution in [0.25, 0.3) is 11.2 Å². The van der Waals surface area contributed by atoms with E-state index in [4.69, 9.17) is 21.1 Å². The highest BCUT2D eigenvalue weighted by Gasteiger charge is 2.22. The van der Waals surface area contributed by atoms with E-state index in [2.05, 4.69) is 21.6 Å². The Morgan fingerprint density at radius 2 is 2.25 bits per heavy atom. The van der Waals surface area contributed by atoms with Crippen molar-refractivity contribution in [3.05, 3.63) is 11.5 Å². The van der Waals surface area contributed by atoms with Crippen LogP contribution in [0.4, 0.5) is 0 Å². The molecule has 1 atom stereocenters. The van der Waals surface area contributed by atoms with E-state index in [1.54, 1.807) is 0 Å². The van der Waals surface area contributed by atoms with Crippen molar-refractivity contribution in [2.75, 3.05) is 19.8 Å². The fourth-order valence-electron chi connectivity index (χ4n) is 2.63. The second kappa shape index (κ2) is 5.71. The van der Waals surface area contributed by atoms with Gasteiger partial charge in [0.1, 0.15) is 11.3 Å². The molecule has 3 rings (SSSR count). The lowest BCUT2D eigenvalue weighted by molar-refractivity contribution is -0.0934. The molecule has 0 radical (unpaired) electrons. The van der Waals surface area contributed by atoms with E-state index < -0.39 is 0 Å². The van der Waals surface area contributed by atoms with Gasteiger partial charge in [0.2, 0.25) is 0 Å². The van der Waals surface area contributed by atoms with E-state index in [9.17, 15) is 0 Å². The monoisotopic (exact) mass is 298 g/mol. The van der Waals surface area contributed by atoms with Gasteiger partial charge < -0.3 is 14.0 Å². The Kier molecular flexibility index (Phi) is 3.96. The Labute approximate surface area is 122 Å². The normalized spacial score (nSPS) is 19.9. The summed E-state index contributed by atoms with van der Waals surface area (Å²) in [6, 6.07) is 0. The van der Waals surface area contributed by atoms with Crippen molar-refractivity contribution in [3.63, 3.8) is 0 Å². The molecule has 3 heterocycles. The van der Waals surface area contributed by atoms with E-state index in [-0.39, 0.29) is 6.10 Å². The third-order valence-corrected chi connectivity index (χ3v) is 3.81. The Bertz CT molecular complexity index is 601. The molecule has 0 spiro atoms. The zero-order chi connectivity index (χ0) is 14.1. The van der Waals surface area contributed by atoms with Crippen molar-refractivity contribution < 1.29 is 9.47 Å². The summed E-state index contributed by atoms with van der Waals surface area (Å²) in [5.41, 5.74) is 2.89. The molecular weight excluding hydrogens is 280 g/mol. The highest BCUT2D eigenvalue weighted by Crippen LogP contribution is 2.22. The first-order valence-corrected chi connectivity index (χ1v) is 7.45. The van der Waals surface area contributed by atoms with Gasteiger partial charge in [-0.1, -0.05) is 0 Å². The van der Waals surface area contributed by atoms with Crippen LogP contribution in [-0.2, 0) is 28.4 Å². The van der Waals surface area contributed by atoms with Crippen molar-refractivity contribution >= 4 is 22.8 Å². The van der Waals surface area contributed by atoms with Crippen LogP contribution < -0.4 is 0 Å². The van der Waals surface area contributed by atoms with Gasteiger partial charge in [0.25, 0.3) is 0 Å². The third-order valence-electron chi connectivity index (χ3n) is 3.57. The molecule has 1 aliphatic rings. The topological polar surface area (TPSA) is 54.1 Å². The number of aromatic nitrogens is 4. The van der Waals surface area contributed by atoms with Gasteiger partial charge in [-0.05, 0) is 13.8 Å². The average Bonchev–Trinajstić information content (AvgIpc) is 2.99. The first kappa shape index (κ1) is 13.9. The molecule has 0 aromatic carbocycles. The standard InChI is InChI=1S/C13H19ClN4O2/c1-3-18-13-12(9(2)16-18)15-11(6-14)17(13)7-10-8-19-4-5-20-10/h10H,3-8H2,1-2H3. The van der Waals surface area contributed by atoms with E-state index in [1.165, 1.54) is 0 Å². The van der Waals surface area contributed by atoms with Crippen molar-refractivity contribution in [2.24, 2.45) is 0 Å². The largest absolute Gasteiger partial charge is 0.376 e. The smallest absolute Gasteiger partial charge is 0.159 e. The molecule has 0 saturated carbocycles. The molecule has 0 N–H and O–H groups in total. The van der Waals surface area contributed by atoms with Crippen LogP contribution in [-0.4, -0.2) is 45.3 Å². The van der Waals surface area contributed by atoms with Crippen LogP contribution in [0.15, 0.2) is 0 Å². The number of rotatable bonds is 4. The van der Waals surface area contributed by atoms with Crippen LogP contribution in [0.2, 0.25) is 0 Å². The summed E-state index contributed by atoms with van der Waals surface area (Å²) in [7, 11) is 0. The molecule has 0 amide bonds. The predicted molar refractivity (Wildman–Crippen MR) is 76.0 cm³/mol. The van der Waals surface area contributed by atoms with Gasteiger partial charge in [-0.25, -0.2) is 9.67 Å². The molecule has 0 bridgehead atoms. The molecule has 1 fully saturated rings. The highest BCUT2D eigenvalue weighted by molar-refractivity contribution is 6.16. The van der Waals surface area contributed by atoms with Crippen LogP contribution in [0.5, 0.6) is 0 Å². The van der Waals surface area contributed by atoms with E-state index >= 15 is 0 Å². The Morgan fingerprint density at radius 1 is 1.40 bits per heavy atom. The van der Waals surface area contributed by atoms with Gasteiger partial charge in [-0.3, -0.25) is 0 Å². The molecule has 1 saturated heterocycles. The first-order valence-electron chi connectivity index (χ1n) is 6.92. The molecule has 2 aromatic heterocycles. The van der Waals surface area contributed by atoms with Crippen molar-refractivity contribution in [3.8, 4) is 0 Å². The molecule has 110 valence electrons. The SMILES string of the molecule is CCn1nc(C)c2nc(CCl)n(CC3COCCO3)c21. The quantitative estimate of drug-likeness (QED) is 0.807. The van der Waals surface area contributed by atoms with Crippen LogP contribution >= 0.6 is 11.6 Å². The van der Waals surface area contributed by atoms with Gasteiger partial charge in [-0.15, -0.1) is 11.6 Å². The number of hydrogen-bond donors (Lipinski definition) is 0. The molecule has 0 aliphatic carbocycles. The van der Waals surface area contributed by atoms with Crippen molar-refractivity contribution in [1.82, 2.24) is 19.3 Å². The van der Waals surface area contributed by atoms with Crippen molar-refractivity contribution in [2.45, 2.75) is 38.9 Å². The van der Waals surface area contributed by atoms with E-state index in [0.29, 0.717) is 32.2 Å². The summed E-state index contributed by atoms with van der Waals surface area (Å²) in [5.74, 6) is 1.24. The lowest BCUT2D eigenvalue weighted by atomic mass is 10.3. The van der Waals surface area contributed by atoms with Crippen LogP contribution in [0.3, 0.4) is 0 Å². The van der Waals surface area contributed by atoms with E-state index in [1.807, 2.05) is 11.6 Å². The maximum atomic E-state index is 6.04. The minimum absolute atomic E-state index is 0.0450. The molecule has 20 heavy (non-hydrogen) atoms. The fourth-order valence-corrected chi connectivity index (χ4v) is 2.83. The number of imidazole rings is 1. The summed E-state index contributed by atoms with van der Waals surface area (Å²) >= 11 is 6.04. The summed E-state index contributed by atoms with van der Waals surface area (Å²) in [4.78, 5) is 4.62. The fraction of sp³-hybridized carbons (Fsp3) is 0.692. The Hall–Kier alpha value is -1.11. The molecular formula is C13H19ClN4O2. The summed E-state index contributed by atoms with van der Waals surface area (Å²) in [6.45, 7) is 7.48. The Balaban J connectivity index is 2.02. The Morgan fingerprint density at radius 3 is 2.90 bits per heavy atom. The predicted octanol–water partition coefficient (Wildman–Crippen LogP) is 1.72. The number of ether oxygens (including phenoxy) is 2. The number of fused-ring (bicyclic) bond motifs is 1. The maximum Gasteiger partial charge on any atom is 0.159 e. The number of alkyl halides is 1. The van der Waals surface area contributed by atoms with Gasteiger partial charge in [0.15, 0.2) is 5.65 Å². The van der Waals surface area contributed by atoms with Gasteiger partial charge in [-0.2, -0.15) is 5.10 Å². The lowest BCUT2D eigenvalue weighted by Gasteiger charge is -2.24. The van der Waals surface area contributed by atoms with E-state index in [0.717, 1.165) is 29.2 Å². The number of halogens is 1. The molecule has 2 aromatic rings. The summed E-state index contributed by atoms with van der Waals surface area (Å²) < 4.78 is 15.3. The second-order valence-corrected chi connectivity index (χ2v) is 5.18. The average molecular weight is 299 g/mol. The maximum absolute atomic E-state index is 6.04. The van der Waals surface area contributed by atoms with Crippen LogP contribution in [0.1, 0.15) is 18.4 Å². The van der Waals surface area contributed by atoms with Crippen LogP contribution in [0, 0.1) is 6.92 Å². The zero-order valence-corrected chi connectivity index (χ0v) is 12.6. The minimum atomic E-state index is 0.0450. The summed E-state index contributed by atoms with van der Waals surface area (Å²) in [5, 5.41) is 4.52. The van der Waals surface area contributed by atoms with Gasteiger partial charge in [0, 0.05) is 6.54 Å². The molecule has 1 unspecified atom stereocenters. The third kappa shape index (κ3) is 2.32. The molecule has 1 aliphatic heterocycles. The summed E-state index contributed by atoms with van der Waals surface area (Å²) in [6.07, 6.45) is 0.0450. The van der Waals surface area contributed by atoms with Gasteiger partial charge in [0.05, 0.1) is 44.0 Å². The minimum Gasteiger partial charge on any atom is -0.376 e. The number of hydrogen-bond acceptors (Lipinski definition) is 4. The van der Waals surface area contributed by atoms with Crippen molar-refractivity contribution in [1.29, 1.82) is 0 Å². The zero-order valence-electron chi connectivity index (χ0n) is 11.8. The molecule has 6 nitrogen and oxygen atoms in total. The lowest BCUT2D eigenvalue weighted by Crippen LogP contribution is -2.33.